The number of fused-ring (bicyclic) bond motifs is 1. The normalized spacial score (nSPS) is 14.7. The van der Waals surface area contributed by atoms with E-state index in [1.807, 2.05) is 41.6 Å². The molecule has 0 unspecified atom stereocenters. The van der Waals surface area contributed by atoms with Gasteiger partial charge in [0.1, 0.15) is 5.82 Å². The van der Waals surface area contributed by atoms with Crippen LogP contribution >= 0.6 is 0 Å². The van der Waals surface area contributed by atoms with Crippen molar-refractivity contribution in [2.24, 2.45) is 0 Å². The summed E-state index contributed by atoms with van der Waals surface area (Å²) in [6.45, 7) is 6.52. The van der Waals surface area contributed by atoms with E-state index in [0.717, 1.165) is 30.6 Å². The Kier molecular flexibility index (Phi) is 6.05. The summed E-state index contributed by atoms with van der Waals surface area (Å²) in [7, 11) is 0. The van der Waals surface area contributed by atoms with Crippen molar-refractivity contribution in [2.75, 3.05) is 13.1 Å². The van der Waals surface area contributed by atoms with Crippen LogP contribution in [0.1, 0.15) is 65.8 Å². The lowest BCUT2D eigenvalue weighted by Gasteiger charge is -2.32. The van der Waals surface area contributed by atoms with Gasteiger partial charge in [0, 0.05) is 54.9 Å². The van der Waals surface area contributed by atoms with Gasteiger partial charge in [-0.05, 0) is 36.0 Å². The van der Waals surface area contributed by atoms with Crippen LogP contribution in [0.4, 0.5) is 0 Å². The summed E-state index contributed by atoms with van der Waals surface area (Å²) in [6, 6.07) is 17.7. The minimum atomic E-state index is -0.250. The van der Waals surface area contributed by atoms with Gasteiger partial charge in [-0.15, -0.1) is 0 Å². The van der Waals surface area contributed by atoms with Crippen LogP contribution in [-0.2, 0) is 6.54 Å². The van der Waals surface area contributed by atoms with Crippen LogP contribution in [0.25, 0.3) is 10.9 Å². The number of pyridine rings is 1. The number of benzene rings is 2. The Morgan fingerprint density at radius 3 is 2.56 bits per heavy atom. The predicted molar refractivity (Wildman–Crippen MR) is 134 cm³/mol. The third kappa shape index (κ3) is 4.40. The third-order valence-electron chi connectivity index (χ3n) is 6.88. The topological polar surface area (TPSA) is 71.0 Å². The first kappa shape index (κ1) is 22.1. The average Bonchev–Trinajstić information content (AvgIpc) is 3.31. The first-order chi connectivity index (χ1) is 16.5. The summed E-state index contributed by atoms with van der Waals surface area (Å²) in [5.74, 6) is 1.85. The largest absolute Gasteiger partial charge is 0.339 e. The van der Waals surface area contributed by atoms with Gasteiger partial charge in [0.15, 0.2) is 0 Å². The van der Waals surface area contributed by atoms with E-state index in [2.05, 4.69) is 52.6 Å². The SMILES string of the molecule is CC(C)c1ccc(Cn2ccnc2C2CCN(C(=O)c3cc(=O)[nH]c4ccccc34)CC2)cc1. The monoisotopic (exact) mass is 454 g/mol. The summed E-state index contributed by atoms with van der Waals surface area (Å²) >= 11 is 0. The van der Waals surface area contributed by atoms with Crippen LogP contribution in [0.5, 0.6) is 0 Å². The molecule has 3 heterocycles. The molecule has 0 spiro atoms. The van der Waals surface area contributed by atoms with E-state index in [1.54, 1.807) is 0 Å². The quantitative estimate of drug-likeness (QED) is 0.465. The molecule has 1 aliphatic heterocycles. The van der Waals surface area contributed by atoms with E-state index < -0.39 is 0 Å². The number of nitrogens with one attached hydrogen (secondary N) is 1. The fraction of sp³-hybridized carbons (Fsp3) is 0.321. The van der Waals surface area contributed by atoms with Gasteiger partial charge in [-0.3, -0.25) is 9.59 Å². The van der Waals surface area contributed by atoms with E-state index in [0.29, 0.717) is 36.0 Å². The molecule has 1 N–H and O–H groups in total. The molecule has 1 saturated heterocycles. The molecule has 0 saturated carbocycles. The predicted octanol–water partition coefficient (Wildman–Crippen LogP) is 4.92. The van der Waals surface area contributed by atoms with Gasteiger partial charge in [0.2, 0.25) is 5.56 Å². The van der Waals surface area contributed by atoms with Gasteiger partial charge in [0.25, 0.3) is 5.91 Å². The molecule has 6 nitrogen and oxygen atoms in total. The molecule has 5 rings (SSSR count). The van der Waals surface area contributed by atoms with Crippen molar-refractivity contribution in [1.82, 2.24) is 19.4 Å². The number of amides is 1. The highest BCUT2D eigenvalue weighted by atomic mass is 16.2. The number of para-hydroxylation sites is 1. The van der Waals surface area contributed by atoms with Crippen LogP contribution in [0.3, 0.4) is 0 Å². The van der Waals surface area contributed by atoms with Crippen LogP contribution in [0.2, 0.25) is 0 Å². The van der Waals surface area contributed by atoms with E-state index in [-0.39, 0.29) is 11.5 Å². The molecule has 2 aromatic carbocycles. The van der Waals surface area contributed by atoms with E-state index in [4.69, 9.17) is 0 Å². The zero-order chi connectivity index (χ0) is 23.7. The van der Waals surface area contributed by atoms with Crippen molar-refractivity contribution >= 4 is 16.8 Å². The summed E-state index contributed by atoms with van der Waals surface area (Å²) in [4.78, 5) is 34.8. The number of piperidine rings is 1. The van der Waals surface area contributed by atoms with E-state index in [1.165, 1.54) is 17.2 Å². The number of carbonyl (C=O) groups excluding carboxylic acids is 1. The lowest BCUT2D eigenvalue weighted by Crippen LogP contribution is -2.38. The Hall–Kier alpha value is -3.67. The number of likely N-dealkylation sites (tertiary alicyclic amines) is 1. The van der Waals surface area contributed by atoms with Crippen LogP contribution in [0.15, 0.2) is 71.8 Å². The minimum Gasteiger partial charge on any atom is -0.339 e. The molecule has 34 heavy (non-hydrogen) atoms. The summed E-state index contributed by atoms with van der Waals surface area (Å²) in [5.41, 5.74) is 3.53. The van der Waals surface area contributed by atoms with Gasteiger partial charge in [-0.25, -0.2) is 4.98 Å². The molecule has 0 atom stereocenters. The maximum atomic E-state index is 13.3. The maximum absolute atomic E-state index is 13.3. The molecule has 1 amide bonds. The lowest BCUT2D eigenvalue weighted by atomic mass is 9.95. The van der Waals surface area contributed by atoms with Crippen LogP contribution < -0.4 is 5.56 Å². The summed E-state index contributed by atoms with van der Waals surface area (Å²) < 4.78 is 2.23. The second-order valence-electron chi connectivity index (χ2n) is 9.47. The van der Waals surface area contributed by atoms with Gasteiger partial charge < -0.3 is 14.5 Å². The second-order valence-corrected chi connectivity index (χ2v) is 9.47. The molecule has 0 aliphatic carbocycles. The summed E-state index contributed by atoms with van der Waals surface area (Å²) in [6.07, 6.45) is 5.63. The van der Waals surface area contributed by atoms with Crippen molar-refractivity contribution in [3.8, 4) is 0 Å². The highest BCUT2D eigenvalue weighted by molar-refractivity contribution is 6.05. The number of H-pyrrole nitrogens is 1. The lowest BCUT2D eigenvalue weighted by molar-refractivity contribution is 0.0712. The van der Waals surface area contributed by atoms with Crippen molar-refractivity contribution in [3.63, 3.8) is 0 Å². The van der Waals surface area contributed by atoms with Crippen molar-refractivity contribution < 1.29 is 4.79 Å². The maximum Gasteiger partial charge on any atom is 0.254 e. The molecular weight excluding hydrogens is 424 g/mol. The van der Waals surface area contributed by atoms with Crippen LogP contribution in [-0.4, -0.2) is 38.4 Å². The van der Waals surface area contributed by atoms with Crippen molar-refractivity contribution in [3.05, 3.63) is 99.9 Å². The molecule has 0 bridgehead atoms. The molecular formula is C28H30N4O2. The fourth-order valence-corrected chi connectivity index (χ4v) is 4.91. The second kappa shape index (κ2) is 9.29. The number of imidazole rings is 1. The standard InChI is InChI=1S/C28H30N4O2/c1-19(2)21-9-7-20(8-10-21)18-32-16-13-29-27(32)22-11-14-31(15-12-22)28(34)24-17-26(33)30-25-6-4-3-5-23(24)25/h3-10,13,16-17,19,22H,11-12,14-15,18H2,1-2H3,(H,30,33). The molecule has 1 aliphatic rings. The highest BCUT2D eigenvalue weighted by Gasteiger charge is 2.28. The molecule has 2 aromatic heterocycles. The smallest absolute Gasteiger partial charge is 0.254 e. The van der Waals surface area contributed by atoms with E-state index in [9.17, 15) is 9.59 Å². The van der Waals surface area contributed by atoms with Crippen molar-refractivity contribution in [1.29, 1.82) is 0 Å². The van der Waals surface area contributed by atoms with Crippen molar-refractivity contribution in [2.45, 2.75) is 45.1 Å². The summed E-state index contributed by atoms with van der Waals surface area (Å²) in [5, 5.41) is 0.785. The molecule has 4 aromatic rings. The van der Waals surface area contributed by atoms with Gasteiger partial charge >= 0.3 is 0 Å². The number of carbonyl (C=O) groups is 1. The zero-order valence-corrected chi connectivity index (χ0v) is 19.7. The average molecular weight is 455 g/mol. The number of hydrogen-bond donors (Lipinski definition) is 1. The fourth-order valence-electron chi connectivity index (χ4n) is 4.91. The van der Waals surface area contributed by atoms with Gasteiger partial charge in [-0.2, -0.15) is 0 Å². The highest BCUT2D eigenvalue weighted by Crippen LogP contribution is 2.29. The van der Waals surface area contributed by atoms with Gasteiger partial charge in [-0.1, -0.05) is 56.3 Å². The number of hydrogen-bond acceptors (Lipinski definition) is 3. The molecule has 174 valence electrons. The third-order valence-corrected chi connectivity index (χ3v) is 6.88. The number of aromatic amines is 1. The minimum absolute atomic E-state index is 0.0747. The zero-order valence-electron chi connectivity index (χ0n) is 19.7. The number of rotatable bonds is 5. The first-order valence-corrected chi connectivity index (χ1v) is 12.0. The van der Waals surface area contributed by atoms with Crippen LogP contribution in [0, 0.1) is 0 Å². The Balaban J connectivity index is 1.28. The Bertz CT molecular complexity index is 1360. The first-order valence-electron chi connectivity index (χ1n) is 12.0. The molecule has 1 fully saturated rings. The Labute approximate surface area is 199 Å². The Morgan fingerprint density at radius 1 is 1.09 bits per heavy atom. The molecule has 6 heteroatoms. The Morgan fingerprint density at radius 2 is 1.82 bits per heavy atom. The molecule has 0 radical (unpaired) electrons. The number of aromatic nitrogens is 3. The number of nitrogens with zero attached hydrogens (tertiary/aromatic N) is 3. The van der Waals surface area contributed by atoms with E-state index >= 15 is 0 Å². The van der Waals surface area contributed by atoms with Gasteiger partial charge in [0.05, 0.1) is 5.56 Å².